The molecule has 0 unspecified atom stereocenters. The summed E-state index contributed by atoms with van der Waals surface area (Å²) in [5, 5.41) is 4.38. The fourth-order valence-electron chi connectivity index (χ4n) is 6.37. The van der Waals surface area contributed by atoms with Crippen molar-refractivity contribution in [3.63, 3.8) is 0 Å². The van der Waals surface area contributed by atoms with Crippen LogP contribution in [0.4, 0.5) is 0 Å². The Morgan fingerprint density at radius 3 is 2.75 bits per heavy atom. The number of carbonyl (C=O) groups is 1. The Morgan fingerprint density at radius 1 is 1.03 bits per heavy atom. The molecular formula is C24H29N3O5. The number of carbonyl (C=O) groups excluding carboxylic acids is 1. The van der Waals surface area contributed by atoms with E-state index in [1.807, 2.05) is 0 Å². The molecule has 0 bridgehead atoms. The van der Waals surface area contributed by atoms with Crippen LogP contribution in [0, 0.1) is 5.92 Å². The highest BCUT2D eigenvalue weighted by molar-refractivity contribution is 5.91. The third kappa shape index (κ3) is 2.75. The molecule has 2 aliphatic heterocycles. The number of fused-ring (bicyclic) bond motifs is 4. The summed E-state index contributed by atoms with van der Waals surface area (Å²) in [5.74, 6) is 1.58. The first-order valence-electron chi connectivity index (χ1n) is 11.9. The molecule has 6 rings (SSSR count). The molecule has 3 atom stereocenters. The highest BCUT2D eigenvalue weighted by Gasteiger charge is 2.53. The van der Waals surface area contributed by atoms with Gasteiger partial charge in [0.1, 0.15) is 11.4 Å². The molecule has 8 heteroatoms. The van der Waals surface area contributed by atoms with Gasteiger partial charge < -0.3 is 19.0 Å². The van der Waals surface area contributed by atoms with Crippen LogP contribution in [0.5, 0.6) is 0 Å². The van der Waals surface area contributed by atoms with E-state index < -0.39 is 11.0 Å². The first-order valence-corrected chi connectivity index (χ1v) is 11.9. The van der Waals surface area contributed by atoms with Gasteiger partial charge in [-0.25, -0.2) is 4.98 Å². The van der Waals surface area contributed by atoms with Gasteiger partial charge in [-0.1, -0.05) is 18.5 Å². The van der Waals surface area contributed by atoms with Crippen molar-refractivity contribution in [2.45, 2.75) is 75.7 Å². The van der Waals surface area contributed by atoms with Crippen LogP contribution < -0.4 is 5.56 Å². The summed E-state index contributed by atoms with van der Waals surface area (Å²) in [6.07, 6.45) is 7.09. The quantitative estimate of drug-likeness (QED) is 0.728. The van der Waals surface area contributed by atoms with Gasteiger partial charge in [0.05, 0.1) is 17.7 Å². The second-order valence-electron chi connectivity index (χ2n) is 9.87. The Hall–Kier alpha value is -2.32. The zero-order valence-electron chi connectivity index (χ0n) is 18.5. The third-order valence-electron chi connectivity index (χ3n) is 8.19. The maximum Gasteiger partial charge on any atom is 0.254 e. The molecule has 0 radical (unpaired) electrons. The lowest BCUT2D eigenvalue weighted by atomic mass is 9.59. The van der Waals surface area contributed by atoms with Crippen LogP contribution in [0.2, 0.25) is 0 Å². The molecule has 0 amide bonds. The van der Waals surface area contributed by atoms with E-state index in [0.29, 0.717) is 67.6 Å². The second kappa shape index (κ2) is 7.35. The van der Waals surface area contributed by atoms with Crippen LogP contribution in [-0.2, 0) is 38.1 Å². The number of ether oxygens (including phenoxy) is 2. The number of hydrogen-bond donors (Lipinski definition) is 1. The van der Waals surface area contributed by atoms with Gasteiger partial charge in [-0.3, -0.25) is 9.59 Å². The molecule has 8 nitrogen and oxygen atoms in total. The zero-order valence-corrected chi connectivity index (χ0v) is 18.5. The van der Waals surface area contributed by atoms with E-state index in [-0.39, 0.29) is 17.3 Å². The standard InChI is InChI=1S/C24H29N3O5/c1-14-7-8-15-18(27-32-20(15)24(14)9-3-2-6-17(24)28)21-25-19-16(22(29)26-21)5-4-11-31-23(19)10-12-30-13-23/h14H,2-13H2,1H3,(H,25,26,29)/t14-,23-,24+/m0/s1. The maximum atomic E-state index is 13.2. The summed E-state index contributed by atoms with van der Waals surface area (Å²) in [4.78, 5) is 34.2. The molecule has 2 aromatic heterocycles. The SMILES string of the molecule is C[C@H]1CCc2c(-c3nc4c(c(=O)[nH]3)CCCO[C@]43CCOC3)noc2[C@]12CCCCC2=O. The Morgan fingerprint density at radius 2 is 1.94 bits per heavy atom. The fourth-order valence-corrected chi connectivity index (χ4v) is 6.37. The van der Waals surface area contributed by atoms with Gasteiger partial charge in [-0.15, -0.1) is 0 Å². The number of H-pyrrole nitrogens is 1. The van der Waals surface area contributed by atoms with Crippen molar-refractivity contribution in [2.24, 2.45) is 5.92 Å². The van der Waals surface area contributed by atoms with E-state index in [9.17, 15) is 9.59 Å². The summed E-state index contributed by atoms with van der Waals surface area (Å²) >= 11 is 0. The first kappa shape index (κ1) is 20.3. The molecule has 1 saturated heterocycles. The minimum atomic E-state index is -0.673. The van der Waals surface area contributed by atoms with Crippen LogP contribution in [0.3, 0.4) is 0 Å². The van der Waals surface area contributed by atoms with Gasteiger partial charge in [0.25, 0.3) is 5.56 Å². The largest absolute Gasteiger partial charge is 0.378 e. The second-order valence-corrected chi connectivity index (χ2v) is 9.87. The van der Waals surface area contributed by atoms with Crippen molar-refractivity contribution in [1.82, 2.24) is 15.1 Å². The molecule has 4 heterocycles. The molecule has 2 aromatic rings. The highest BCUT2D eigenvalue weighted by Crippen LogP contribution is 2.50. The van der Waals surface area contributed by atoms with Gasteiger partial charge in [-0.05, 0) is 44.4 Å². The number of aromatic amines is 1. The Bertz CT molecular complexity index is 1130. The molecular weight excluding hydrogens is 410 g/mol. The average molecular weight is 440 g/mol. The van der Waals surface area contributed by atoms with Crippen molar-refractivity contribution in [3.05, 3.63) is 32.9 Å². The monoisotopic (exact) mass is 439 g/mol. The molecule has 32 heavy (non-hydrogen) atoms. The smallest absolute Gasteiger partial charge is 0.254 e. The van der Waals surface area contributed by atoms with E-state index in [0.717, 1.165) is 44.1 Å². The Labute approximate surface area is 186 Å². The predicted molar refractivity (Wildman–Crippen MR) is 114 cm³/mol. The fraction of sp³-hybridized carbons (Fsp3) is 0.667. The lowest BCUT2D eigenvalue weighted by Gasteiger charge is -2.41. The molecule has 2 fully saturated rings. The summed E-state index contributed by atoms with van der Waals surface area (Å²) in [5.41, 5.74) is 1.43. The predicted octanol–water partition coefficient (Wildman–Crippen LogP) is 2.97. The molecule has 2 aliphatic carbocycles. The summed E-state index contributed by atoms with van der Waals surface area (Å²) in [6.45, 7) is 3.72. The van der Waals surface area contributed by atoms with E-state index >= 15 is 0 Å². The molecule has 170 valence electrons. The number of nitrogens with one attached hydrogen (secondary N) is 1. The average Bonchev–Trinajstić information content (AvgIpc) is 3.40. The molecule has 4 aliphatic rings. The number of nitrogens with zero attached hydrogens (tertiary/aromatic N) is 2. The summed E-state index contributed by atoms with van der Waals surface area (Å²) < 4.78 is 17.8. The van der Waals surface area contributed by atoms with Gasteiger partial charge in [0.15, 0.2) is 17.3 Å². The normalized spacial score (nSPS) is 32.2. The molecule has 1 N–H and O–H groups in total. The third-order valence-corrected chi connectivity index (χ3v) is 8.19. The van der Waals surface area contributed by atoms with Gasteiger partial charge in [0.2, 0.25) is 0 Å². The summed E-state index contributed by atoms with van der Waals surface area (Å²) in [6, 6.07) is 0. The lowest BCUT2D eigenvalue weighted by Crippen LogP contribution is -2.46. The van der Waals surface area contributed by atoms with Crippen LogP contribution in [-0.4, -0.2) is 40.7 Å². The maximum absolute atomic E-state index is 13.2. The van der Waals surface area contributed by atoms with Gasteiger partial charge in [0, 0.05) is 37.2 Å². The van der Waals surface area contributed by atoms with Crippen molar-refractivity contribution in [1.29, 1.82) is 0 Å². The highest BCUT2D eigenvalue weighted by atomic mass is 16.6. The lowest BCUT2D eigenvalue weighted by molar-refractivity contribution is -0.130. The van der Waals surface area contributed by atoms with Crippen molar-refractivity contribution in [3.8, 4) is 11.5 Å². The topological polar surface area (TPSA) is 107 Å². The number of aromatic nitrogens is 3. The minimum Gasteiger partial charge on any atom is -0.378 e. The summed E-state index contributed by atoms with van der Waals surface area (Å²) in [7, 11) is 0. The van der Waals surface area contributed by atoms with E-state index in [4.69, 9.17) is 19.0 Å². The molecule has 2 spiro atoms. The van der Waals surface area contributed by atoms with E-state index in [2.05, 4.69) is 17.1 Å². The number of rotatable bonds is 1. The van der Waals surface area contributed by atoms with E-state index in [1.54, 1.807) is 0 Å². The van der Waals surface area contributed by atoms with Crippen LogP contribution in [0.1, 0.15) is 74.5 Å². The zero-order chi connectivity index (χ0) is 21.9. The van der Waals surface area contributed by atoms with Crippen molar-refractivity contribution in [2.75, 3.05) is 19.8 Å². The van der Waals surface area contributed by atoms with Crippen molar-refractivity contribution < 1.29 is 18.8 Å². The van der Waals surface area contributed by atoms with Crippen LogP contribution in [0.15, 0.2) is 9.32 Å². The minimum absolute atomic E-state index is 0.147. The Kier molecular flexibility index (Phi) is 4.66. The first-order chi connectivity index (χ1) is 15.6. The van der Waals surface area contributed by atoms with Crippen molar-refractivity contribution >= 4 is 5.78 Å². The van der Waals surface area contributed by atoms with Crippen LogP contribution >= 0.6 is 0 Å². The number of ketones is 1. The molecule has 1 saturated carbocycles. The van der Waals surface area contributed by atoms with Crippen LogP contribution in [0.25, 0.3) is 11.5 Å². The van der Waals surface area contributed by atoms with Gasteiger partial charge >= 0.3 is 0 Å². The number of hydrogen-bond acceptors (Lipinski definition) is 7. The van der Waals surface area contributed by atoms with E-state index in [1.165, 1.54) is 0 Å². The molecule has 0 aromatic carbocycles. The number of Topliss-reactive ketones (excluding diaryl/α,β-unsaturated/α-hetero) is 1. The Balaban J connectivity index is 1.50. The van der Waals surface area contributed by atoms with Gasteiger partial charge in [-0.2, -0.15) is 0 Å².